The van der Waals surface area contributed by atoms with Gasteiger partial charge in [-0.25, -0.2) is 13.1 Å². The molecule has 0 radical (unpaired) electrons. The standard InChI is InChI=1S/C20H21ClN4O5S2/c1-4-15(13-7-10-16(29-2)17(11-13)30-3)25-32(27,28)20-24-23-19(31-20)22-18(26)12-5-8-14(21)9-6-12/h5-11,15,25H,4H2,1-3H3,(H,22,23,26)/t15-/m1/s1. The first-order valence-electron chi connectivity index (χ1n) is 9.42. The molecular weight excluding hydrogens is 476 g/mol. The Morgan fingerprint density at radius 1 is 1.09 bits per heavy atom. The molecule has 0 saturated carbocycles. The number of halogens is 1. The predicted molar refractivity (Wildman–Crippen MR) is 122 cm³/mol. The number of aromatic nitrogens is 2. The largest absolute Gasteiger partial charge is 0.493 e. The van der Waals surface area contributed by atoms with Crippen molar-refractivity contribution in [3.63, 3.8) is 0 Å². The second-order valence-corrected chi connectivity index (χ2v) is 9.83. The van der Waals surface area contributed by atoms with E-state index in [2.05, 4.69) is 20.2 Å². The molecule has 1 heterocycles. The Kier molecular flexibility index (Phi) is 7.67. The summed E-state index contributed by atoms with van der Waals surface area (Å²) in [5, 5.41) is 10.6. The third-order valence-electron chi connectivity index (χ3n) is 4.48. The van der Waals surface area contributed by atoms with Crippen LogP contribution in [0.3, 0.4) is 0 Å². The van der Waals surface area contributed by atoms with Crippen LogP contribution in [0.25, 0.3) is 0 Å². The summed E-state index contributed by atoms with van der Waals surface area (Å²) in [6.45, 7) is 1.85. The quantitative estimate of drug-likeness (QED) is 0.431. The Hall–Kier alpha value is -2.73. The third kappa shape index (κ3) is 5.54. The van der Waals surface area contributed by atoms with Gasteiger partial charge in [-0.2, -0.15) is 0 Å². The average molecular weight is 497 g/mol. The highest BCUT2D eigenvalue weighted by molar-refractivity contribution is 7.91. The predicted octanol–water partition coefficient (Wildman–Crippen LogP) is 3.89. The van der Waals surface area contributed by atoms with Gasteiger partial charge < -0.3 is 9.47 Å². The summed E-state index contributed by atoms with van der Waals surface area (Å²) in [6.07, 6.45) is 0.480. The molecule has 9 nitrogen and oxygen atoms in total. The van der Waals surface area contributed by atoms with E-state index in [1.54, 1.807) is 42.5 Å². The van der Waals surface area contributed by atoms with E-state index in [0.717, 1.165) is 11.3 Å². The second kappa shape index (κ2) is 10.3. The first kappa shape index (κ1) is 23.9. The van der Waals surface area contributed by atoms with Crippen LogP contribution in [0.1, 0.15) is 35.3 Å². The highest BCUT2D eigenvalue weighted by Gasteiger charge is 2.25. The Labute approximate surface area is 194 Å². The molecule has 0 aliphatic heterocycles. The van der Waals surface area contributed by atoms with Gasteiger partial charge in [-0.1, -0.05) is 35.9 Å². The number of amides is 1. The fourth-order valence-electron chi connectivity index (χ4n) is 2.83. The van der Waals surface area contributed by atoms with Gasteiger partial charge in [0.1, 0.15) is 0 Å². The third-order valence-corrected chi connectivity index (χ3v) is 7.41. The van der Waals surface area contributed by atoms with Crippen LogP contribution in [-0.2, 0) is 10.0 Å². The first-order valence-corrected chi connectivity index (χ1v) is 12.1. The number of nitrogens with zero attached hydrogens (tertiary/aromatic N) is 2. The average Bonchev–Trinajstić information content (AvgIpc) is 3.27. The fraction of sp³-hybridized carbons (Fsp3) is 0.250. The Morgan fingerprint density at radius 2 is 1.78 bits per heavy atom. The lowest BCUT2D eigenvalue weighted by atomic mass is 10.1. The SMILES string of the molecule is CC[C@@H](NS(=O)(=O)c1nnc(NC(=O)c2ccc(Cl)cc2)s1)c1ccc(OC)c(OC)c1. The monoisotopic (exact) mass is 496 g/mol. The molecule has 32 heavy (non-hydrogen) atoms. The Bertz CT molecular complexity index is 1200. The second-order valence-electron chi connectivity index (χ2n) is 6.53. The summed E-state index contributed by atoms with van der Waals surface area (Å²) in [6, 6.07) is 10.9. The van der Waals surface area contributed by atoms with Gasteiger partial charge >= 0.3 is 0 Å². The zero-order valence-electron chi connectivity index (χ0n) is 17.5. The minimum atomic E-state index is -3.99. The van der Waals surface area contributed by atoms with Gasteiger partial charge in [0.05, 0.1) is 14.2 Å². The minimum absolute atomic E-state index is 0.0597. The topological polar surface area (TPSA) is 120 Å². The lowest BCUT2D eigenvalue weighted by Crippen LogP contribution is -2.28. The van der Waals surface area contributed by atoms with Crippen molar-refractivity contribution in [3.05, 3.63) is 58.6 Å². The maximum absolute atomic E-state index is 12.9. The van der Waals surface area contributed by atoms with E-state index in [9.17, 15) is 13.2 Å². The van der Waals surface area contributed by atoms with Gasteiger partial charge in [0.2, 0.25) is 9.47 Å². The number of carbonyl (C=O) groups is 1. The molecule has 0 aliphatic carbocycles. The molecule has 3 rings (SSSR count). The zero-order chi connectivity index (χ0) is 23.3. The molecule has 0 aliphatic rings. The number of benzene rings is 2. The zero-order valence-corrected chi connectivity index (χ0v) is 19.8. The summed E-state index contributed by atoms with van der Waals surface area (Å²) in [7, 11) is -0.954. The van der Waals surface area contributed by atoms with E-state index >= 15 is 0 Å². The maximum atomic E-state index is 12.9. The molecular formula is C20H21ClN4O5S2. The van der Waals surface area contributed by atoms with Crippen LogP contribution in [-0.4, -0.2) is 38.7 Å². The number of sulfonamides is 1. The van der Waals surface area contributed by atoms with Crippen molar-refractivity contribution < 1.29 is 22.7 Å². The molecule has 170 valence electrons. The van der Waals surface area contributed by atoms with Crippen LogP contribution in [0, 0.1) is 0 Å². The Morgan fingerprint density at radius 3 is 2.41 bits per heavy atom. The number of hydrogen-bond donors (Lipinski definition) is 2. The highest BCUT2D eigenvalue weighted by atomic mass is 35.5. The van der Waals surface area contributed by atoms with Crippen LogP contribution in [0.5, 0.6) is 11.5 Å². The molecule has 12 heteroatoms. The number of carbonyl (C=O) groups excluding carboxylic acids is 1. The van der Waals surface area contributed by atoms with Crippen molar-refractivity contribution in [2.75, 3.05) is 19.5 Å². The van der Waals surface area contributed by atoms with Crippen LogP contribution < -0.4 is 19.5 Å². The normalized spacial score (nSPS) is 12.2. The molecule has 0 unspecified atom stereocenters. The van der Waals surface area contributed by atoms with E-state index in [4.69, 9.17) is 21.1 Å². The van der Waals surface area contributed by atoms with Crippen molar-refractivity contribution in [1.82, 2.24) is 14.9 Å². The van der Waals surface area contributed by atoms with E-state index < -0.39 is 22.0 Å². The van der Waals surface area contributed by atoms with Gasteiger partial charge in [-0.15, -0.1) is 10.2 Å². The van der Waals surface area contributed by atoms with E-state index in [-0.39, 0.29) is 9.47 Å². The molecule has 1 aromatic heterocycles. The maximum Gasteiger partial charge on any atom is 0.270 e. The molecule has 0 spiro atoms. The van der Waals surface area contributed by atoms with Gasteiger partial charge in [0.15, 0.2) is 11.5 Å². The number of anilines is 1. The van der Waals surface area contributed by atoms with Crippen LogP contribution >= 0.6 is 22.9 Å². The number of ether oxygens (including phenoxy) is 2. The number of methoxy groups -OCH3 is 2. The van der Waals surface area contributed by atoms with Gasteiger partial charge in [-0.05, 0) is 48.4 Å². The molecule has 0 fully saturated rings. The van der Waals surface area contributed by atoms with Crippen molar-refractivity contribution in [2.24, 2.45) is 0 Å². The molecule has 1 atom stereocenters. The van der Waals surface area contributed by atoms with Crippen molar-refractivity contribution >= 4 is 44.0 Å². The van der Waals surface area contributed by atoms with Gasteiger partial charge in [0, 0.05) is 16.6 Å². The summed E-state index contributed by atoms with van der Waals surface area (Å²) >= 11 is 6.57. The minimum Gasteiger partial charge on any atom is -0.493 e. The fourth-order valence-corrected chi connectivity index (χ4v) is 5.18. The summed E-state index contributed by atoms with van der Waals surface area (Å²) in [4.78, 5) is 12.3. The smallest absolute Gasteiger partial charge is 0.270 e. The summed E-state index contributed by atoms with van der Waals surface area (Å²) in [5.74, 6) is 0.580. The van der Waals surface area contributed by atoms with Crippen LogP contribution in [0.4, 0.5) is 5.13 Å². The molecule has 2 N–H and O–H groups in total. The van der Waals surface area contributed by atoms with Crippen molar-refractivity contribution in [3.8, 4) is 11.5 Å². The van der Waals surface area contributed by atoms with E-state index in [1.165, 1.54) is 14.2 Å². The van der Waals surface area contributed by atoms with Gasteiger partial charge in [-0.3, -0.25) is 10.1 Å². The van der Waals surface area contributed by atoms with Gasteiger partial charge in [0.25, 0.3) is 15.9 Å². The lowest BCUT2D eigenvalue weighted by Gasteiger charge is -2.18. The lowest BCUT2D eigenvalue weighted by molar-refractivity contribution is 0.102. The van der Waals surface area contributed by atoms with Crippen LogP contribution in [0.2, 0.25) is 5.02 Å². The Balaban J connectivity index is 1.75. The van der Waals surface area contributed by atoms with Crippen LogP contribution in [0.15, 0.2) is 46.8 Å². The van der Waals surface area contributed by atoms with Crippen molar-refractivity contribution in [2.45, 2.75) is 23.7 Å². The van der Waals surface area contributed by atoms with E-state index in [1.807, 2.05) is 6.92 Å². The van der Waals surface area contributed by atoms with E-state index in [0.29, 0.717) is 34.1 Å². The number of hydrogen-bond acceptors (Lipinski definition) is 8. The number of rotatable bonds is 9. The molecule has 0 bridgehead atoms. The highest BCUT2D eigenvalue weighted by Crippen LogP contribution is 2.32. The molecule has 2 aromatic carbocycles. The number of nitrogens with one attached hydrogen (secondary N) is 2. The molecule has 0 saturated heterocycles. The molecule has 3 aromatic rings. The summed E-state index contributed by atoms with van der Waals surface area (Å²) < 4.78 is 38.6. The van der Waals surface area contributed by atoms with Crippen molar-refractivity contribution in [1.29, 1.82) is 0 Å². The first-order chi connectivity index (χ1) is 15.3. The molecule has 1 amide bonds. The summed E-state index contributed by atoms with van der Waals surface area (Å²) in [5.41, 5.74) is 1.06.